The molecule has 0 fully saturated rings. The first kappa shape index (κ1) is 13.8. The predicted molar refractivity (Wildman–Crippen MR) is 90.6 cm³/mol. The van der Waals surface area contributed by atoms with Gasteiger partial charge in [-0.05, 0) is 41.8 Å². The topological polar surface area (TPSA) is 12.0 Å². The molecule has 0 saturated carbocycles. The van der Waals surface area contributed by atoms with Gasteiger partial charge in [-0.15, -0.1) is 0 Å². The lowest BCUT2D eigenvalue weighted by atomic mass is 9.97. The second-order valence-electron chi connectivity index (χ2n) is 5.56. The summed E-state index contributed by atoms with van der Waals surface area (Å²) in [4.78, 5) is 0. The average Bonchev–Trinajstić information content (AvgIpc) is 2.55. The Bertz CT molecular complexity index is 703. The SMILES string of the molecule is CNC(Cc1ccccc1)Cc1ccc2ccccc2c1. The Hall–Kier alpha value is -2.12. The Kier molecular flexibility index (Phi) is 4.32. The second kappa shape index (κ2) is 6.55. The summed E-state index contributed by atoms with van der Waals surface area (Å²) in [5, 5.41) is 6.08. The van der Waals surface area contributed by atoms with Crippen LogP contribution in [0.25, 0.3) is 10.8 Å². The Morgan fingerprint density at radius 3 is 2.14 bits per heavy atom. The third-order valence-electron chi connectivity index (χ3n) is 4.03. The van der Waals surface area contributed by atoms with Gasteiger partial charge in [0.15, 0.2) is 0 Å². The lowest BCUT2D eigenvalue weighted by molar-refractivity contribution is 0.557. The zero-order chi connectivity index (χ0) is 14.5. The van der Waals surface area contributed by atoms with E-state index in [1.54, 1.807) is 0 Å². The molecule has 1 unspecified atom stereocenters. The van der Waals surface area contributed by atoms with Crippen molar-refractivity contribution in [2.24, 2.45) is 0 Å². The van der Waals surface area contributed by atoms with Gasteiger partial charge in [-0.3, -0.25) is 0 Å². The highest BCUT2D eigenvalue weighted by Crippen LogP contribution is 2.17. The number of likely N-dealkylation sites (N-methyl/N-ethyl adjacent to an activating group) is 1. The van der Waals surface area contributed by atoms with Crippen molar-refractivity contribution in [2.75, 3.05) is 7.05 Å². The summed E-state index contributed by atoms with van der Waals surface area (Å²) in [7, 11) is 2.05. The van der Waals surface area contributed by atoms with E-state index in [1.807, 2.05) is 0 Å². The molecule has 0 spiro atoms. The molecule has 0 heterocycles. The highest BCUT2D eigenvalue weighted by Gasteiger charge is 2.08. The largest absolute Gasteiger partial charge is 0.316 e. The summed E-state index contributed by atoms with van der Waals surface area (Å²) in [5.41, 5.74) is 2.78. The molecule has 0 aliphatic carbocycles. The molecule has 1 atom stereocenters. The molecule has 1 nitrogen and oxygen atoms in total. The molecule has 3 aromatic carbocycles. The minimum absolute atomic E-state index is 0.466. The van der Waals surface area contributed by atoms with Gasteiger partial charge in [-0.2, -0.15) is 0 Å². The van der Waals surface area contributed by atoms with Crippen molar-refractivity contribution in [1.82, 2.24) is 5.32 Å². The monoisotopic (exact) mass is 275 g/mol. The van der Waals surface area contributed by atoms with E-state index in [-0.39, 0.29) is 0 Å². The minimum atomic E-state index is 0.466. The van der Waals surface area contributed by atoms with Crippen molar-refractivity contribution in [3.8, 4) is 0 Å². The molecule has 3 rings (SSSR count). The zero-order valence-corrected chi connectivity index (χ0v) is 12.4. The summed E-state index contributed by atoms with van der Waals surface area (Å²) in [6.45, 7) is 0. The number of fused-ring (bicyclic) bond motifs is 1. The van der Waals surface area contributed by atoms with Crippen molar-refractivity contribution in [2.45, 2.75) is 18.9 Å². The molecule has 1 heteroatoms. The van der Waals surface area contributed by atoms with Crippen LogP contribution in [0, 0.1) is 0 Å². The number of rotatable bonds is 5. The summed E-state index contributed by atoms with van der Waals surface area (Å²) >= 11 is 0. The first-order valence-corrected chi connectivity index (χ1v) is 7.54. The Balaban J connectivity index is 1.76. The van der Waals surface area contributed by atoms with Gasteiger partial charge in [0.25, 0.3) is 0 Å². The fourth-order valence-electron chi connectivity index (χ4n) is 2.83. The third kappa shape index (κ3) is 3.50. The molecule has 0 bridgehead atoms. The zero-order valence-electron chi connectivity index (χ0n) is 12.4. The third-order valence-corrected chi connectivity index (χ3v) is 4.03. The highest BCUT2D eigenvalue weighted by molar-refractivity contribution is 5.82. The van der Waals surface area contributed by atoms with Gasteiger partial charge >= 0.3 is 0 Å². The van der Waals surface area contributed by atoms with E-state index >= 15 is 0 Å². The van der Waals surface area contributed by atoms with E-state index in [4.69, 9.17) is 0 Å². The van der Waals surface area contributed by atoms with E-state index in [2.05, 4.69) is 85.2 Å². The van der Waals surface area contributed by atoms with Gasteiger partial charge < -0.3 is 5.32 Å². The van der Waals surface area contributed by atoms with Gasteiger partial charge in [0, 0.05) is 6.04 Å². The van der Waals surface area contributed by atoms with E-state index in [0.29, 0.717) is 6.04 Å². The minimum Gasteiger partial charge on any atom is -0.316 e. The molecular weight excluding hydrogens is 254 g/mol. The smallest absolute Gasteiger partial charge is 0.0145 e. The molecule has 21 heavy (non-hydrogen) atoms. The van der Waals surface area contributed by atoms with Crippen LogP contribution in [-0.2, 0) is 12.8 Å². The molecule has 0 aliphatic heterocycles. The lowest BCUT2D eigenvalue weighted by Gasteiger charge is -2.16. The normalized spacial score (nSPS) is 12.4. The highest BCUT2D eigenvalue weighted by atomic mass is 14.9. The molecule has 3 aromatic rings. The van der Waals surface area contributed by atoms with Crippen LogP contribution in [0.5, 0.6) is 0 Å². The molecule has 0 saturated heterocycles. The van der Waals surface area contributed by atoms with Gasteiger partial charge in [0.05, 0.1) is 0 Å². The summed E-state index contributed by atoms with van der Waals surface area (Å²) in [6.07, 6.45) is 2.11. The van der Waals surface area contributed by atoms with Crippen LogP contribution in [0.2, 0.25) is 0 Å². The number of hydrogen-bond acceptors (Lipinski definition) is 1. The fraction of sp³-hybridized carbons (Fsp3) is 0.200. The molecule has 106 valence electrons. The van der Waals surface area contributed by atoms with Gasteiger partial charge in [-0.25, -0.2) is 0 Å². The van der Waals surface area contributed by atoms with E-state index < -0.39 is 0 Å². The van der Waals surface area contributed by atoms with Crippen LogP contribution < -0.4 is 5.32 Å². The second-order valence-corrected chi connectivity index (χ2v) is 5.56. The Labute approximate surface area is 126 Å². The summed E-state index contributed by atoms with van der Waals surface area (Å²) in [6, 6.07) is 26.5. The van der Waals surface area contributed by atoms with Gasteiger partial charge in [-0.1, -0.05) is 72.8 Å². The maximum atomic E-state index is 3.45. The van der Waals surface area contributed by atoms with Crippen molar-refractivity contribution in [1.29, 1.82) is 0 Å². The Morgan fingerprint density at radius 2 is 1.38 bits per heavy atom. The van der Waals surface area contributed by atoms with Crippen LogP contribution in [-0.4, -0.2) is 13.1 Å². The first-order valence-electron chi connectivity index (χ1n) is 7.54. The lowest BCUT2D eigenvalue weighted by Crippen LogP contribution is -2.29. The molecular formula is C20H21N. The first-order chi connectivity index (χ1) is 10.3. The standard InChI is InChI=1S/C20H21N/c1-21-20(14-16-7-3-2-4-8-16)15-17-11-12-18-9-5-6-10-19(18)13-17/h2-13,20-21H,14-15H2,1H3. The fourth-order valence-corrected chi connectivity index (χ4v) is 2.83. The summed E-state index contributed by atoms with van der Waals surface area (Å²) < 4.78 is 0. The van der Waals surface area contributed by atoms with Crippen LogP contribution in [0.4, 0.5) is 0 Å². The van der Waals surface area contributed by atoms with Gasteiger partial charge in [0.1, 0.15) is 0 Å². The van der Waals surface area contributed by atoms with E-state index in [0.717, 1.165) is 12.8 Å². The van der Waals surface area contributed by atoms with Crippen LogP contribution in [0.15, 0.2) is 72.8 Å². The molecule has 0 amide bonds. The predicted octanol–water partition coefficient (Wildman–Crippen LogP) is 4.21. The molecule has 1 N–H and O–H groups in total. The summed E-state index contributed by atoms with van der Waals surface area (Å²) in [5.74, 6) is 0. The number of benzene rings is 3. The number of hydrogen-bond donors (Lipinski definition) is 1. The van der Waals surface area contributed by atoms with Crippen LogP contribution >= 0.6 is 0 Å². The number of nitrogens with one attached hydrogen (secondary N) is 1. The molecule has 0 aliphatic rings. The van der Waals surface area contributed by atoms with Crippen molar-refractivity contribution in [3.05, 3.63) is 83.9 Å². The van der Waals surface area contributed by atoms with E-state index in [1.165, 1.54) is 21.9 Å². The maximum Gasteiger partial charge on any atom is 0.0145 e. The van der Waals surface area contributed by atoms with Crippen molar-refractivity contribution < 1.29 is 0 Å². The average molecular weight is 275 g/mol. The van der Waals surface area contributed by atoms with Gasteiger partial charge in [0.2, 0.25) is 0 Å². The quantitative estimate of drug-likeness (QED) is 0.735. The van der Waals surface area contributed by atoms with E-state index in [9.17, 15) is 0 Å². The van der Waals surface area contributed by atoms with Crippen LogP contribution in [0.1, 0.15) is 11.1 Å². The molecule has 0 radical (unpaired) electrons. The Morgan fingerprint density at radius 1 is 0.714 bits per heavy atom. The maximum absolute atomic E-state index is 3.45. The van der Waals surface area contributed by atoms with Crippen molar-refractivity contribution >= 4 is 10.8 Å². The van der Waals surface area contributed by atoms with Crippen LogP contribution in [0.3, 0.4) is 0 Å². The molecule has 0 aromatic heterocycles. The van der Waals surface area contributed by atoms with Crippen molar-refractivity contribution in [3.63, 3.8) is 0 Å².